The van der Waals surface area contributed by atoms with E-state index in [1.807, 2.05) is 59.2 Å². The summed E-state index contributed by atoms with van der Waals surface area (Å²) in [5.41, 5.74) is 7.46. The Labute approximate surface area is 206 Å². The van der Waals surface area contributed by atoms with Crippen LogP contribution in [0.5, 0.6) is 0 Å². The molecule has 2 aromatic heterocycles. The zero-order valence-electron chi connectivity index (χ0n) is 19.6. The molecule has 0 atom stereocenters. The number of anilines is 1. The van der Waals surface area contributed by atoms with Gasteiger partial charge in [0, 0.05) is 20.2 Å². The molecule has 0 bridgehead atoms. The number of nitrogens with zero attached hydrogens (tertiary/aromatic N) is 4. The summed E-state index contributed by atoms with van der Waals surface area (Å²) in [6.07, 6.45) is 0. The molecule has 0 amide bonds. The van der Waals surface area contributed by atoms with Crippen molar-refractivity contribution in [1.82, 2.24) is 18.7 Å². The Morgan fingerprint density at radius 1 is 1.03 bits per heavy atom. The highest BCUT2D eigenvalue weighted by molar-refractivity contribution is 7.99. The van der Waals surface area contributed by atoms with Crippen molar-refractivity contribution in [2.24, 2.45) is 0 Å². The van der Waals surface area contributed by atoms with Gasteiger partial charge in [0.05, 0.1) is 29.9 Å². The number of nitrogen functional groups attached to an aromatic ring is 1. The van der Waals surface area contributed by atoms with Crippen LogP contribution in [0.2, 0.25) is 0 Å². The molecule has 0 aliphatic heterocycles. The van der Waals surface area contributed by atoms with Crippen LogP contribution in [-0.2, 0) is 24.4 Å². The highest BCUT2D eigenvalue weighted by Crippen LogP contribution is 2.25. The molecular weight excluding hydrogens is 466 g/mol. The van der Waals surface area contributed by atoms with E-state index in [9.17, 15) is 14.4 Å². The molecule has 0 aliphatic carbocycles. The van der Waals surface area contributed by atoms with Gasteiger partial charge in [0.25, 0.3) is 5.56 Å². The summed E-state index contributed by atoms with van der Waals surface area (Å²) in [6, 6.07) is 17.0. The van der Waals surface area contributed by atoms with Gasteiger partial charge >= 0.3 is 5.69 Å². The van der Waals surface area contributed by atoms with Gasteiger partial charge in [-0.3, -0.25) is 18.7 Å². The normalized spacial score (nSPS) is 11.3. The van der Waals surface area contributed by atoms with Crippen LogP contribution in [0.1, 0.15) is 22.8 Å². The van der Waals surface area contributed by atoms with Crippen molar-refractivity contribution in [1.29, 1.82) is 0 Å². The van der Waals surface area contributed by atoms with Gasteiger partial charge in [0.2, 0.25) is 0 Å². The summed E-state index contributed by atoms with van der Waals surface area (Å²) in [4.78, 5) is 43.9. The van der Waals surface area contributed by atoms with Gasteiger partial charge in [0.1, 0.15) is 11.4 Å². The van der Waals surface area contributed by atoms with Crippen molar-refractivity contribution in [3.8, 4) is 0 Å². The van der Waals surface area contributed by atoms with E-state index in [1.165, 1.54) is 16.3 Å². The average molecular weight is 494 g/mol. The van der Waals surface area contributed by atoms with Gasteiger partial charge in [0.15, 0.2) is 10.9 Å². The van der Waals surface area contributed by atoms with E-state index in [4.69, 9.17) is 10.5 Å². The number of ketones is 1. The molecule has 0 radical (unpaired) electrons. The van der Waals surface area contributed by atoms with E-state index in [-0.39, 0.29) is 30.2 Å². The number of aromatic nitrogens is 4. The van der Waals surface area contributed by atoms with Crippen LogP contribution in [0.25, 0.3) is 11.0 Å². The molecule has 0 saturated heterocycles. The first-order valence-electron chi connectivity index (χ1n) is 11.2. The lowest BCUT2D eigenvalue weighted by molar-refractivity contribution is 0.102. The first kappa shape index (κ1) is 24.5. The summed E-state index contributed by atoms with van der Waals surface area (Å²) in [6.45, 7) is 3.03. The number of methoxy groups -OCH3 is 1. The third-order valence-electron chi connectivity index (χ3n) is 5.72. The summed E-state index contributed by atoms with van der Waals surface area (Å²) >= 11 is 1.23. The van der Waals surface area contributed by atoms with E-state index >= 15 is 0 Å². The molecule has 182 valence electrons. The van der Waals surface area contributed by atoms with Gasteiger partial charge in [-0.15, -0.1) is 0 Å². The van der Waals surface area contributed by atoms with Gasteiger partial charge in [-0.25, -0.2) is 9.78 Å². The maximum absolute atomic E-state index is 13.3. The third-order valence-corrected chi connectivity index (χ3v) is 6.69. The maximum atomic E-state index is 13.3. The van der Waals surface area contributed by atoms with Crippen molar-refractivity contribution in [3.05, 3.63) is 86.6 Å². The third kappa shape index (κ3) is 4.94. The van der Waals surface area contributed by atoms with Crippen molar-refractivity contribution in [2.45, 2.75) is 31.7 Å². The number of thioether (sulfide) groups is 1. The Bertz CT molecular complexity index is 1470. The minimum Gasteiger partial charge on any atom is -0.384 e. The Hall–Kier alpha value is -3.63. The molecule has 0 aliphatic rings. The zero-order valence-corrected chi connectivity index (χ0v) is 20.5. The molecule has 0 saturated carbocycles. The Morgan fingerprint density at radius 2 is 1.74 bits per heavy atom. The van der Waals surface area contributed by atoms with Crippen LogP contribution in [0.4, 0.5) is 5.82 Å². The number of hydrogen-bond donors (Lipinski definition) is 1. The Balaban J connectivity index is 1.68. The fourth-order valence-electron chi connectivity index (χ4n) is 3.94. The van der Waals surface area contributed by atoms with Crippen LogP contribution < -0.4 is 17.0 Å². The molecule has 0 unspecified atom stereocenters. The minimum atomic E-state index is -0.669. The largest absolute Gasteiger partial charge is 0.384 e. The second-order valence-corrected chi connectivity index (χ2v) is 8.85. The summed E-state index contributed by atoms with van der Waals surface area (Å²) in [5, 5.41) is 0.642. The van der Waals surface area contributed by atoms with Gasteiger partial charge < -0.3 is 15.0 Å². The molecule has 35 heavy (non-hydrogen) atoms. The highest BCUT2D eigenvalue weighted by atomic mass is 32.2. The lowest BCUT2D eigenvalue weighted by atomic mass is 10.2. The average Bonchev–Trinajstić information content (AvgIpc) is 3.22. The molecular formula is C25H27N5O4S. The molecule has 4 aromatic rings. The number of Topliss-reactive ketones (excluding diaryl/α,β-unsaturated/α-hetero) is 1. The lowest BCUT2D eigenvalue weighted by Gasteiger charge is -2.16. The van der Waals surface area contributed by atoms with E-state index in [0.29, 0.717) is 18.3 Å². The standard InChI is InChI=1S/C25H27N5O4S/c1-3-28-23(32)21(22(26)30(25(28)33)15-17-9-5-4-6-10-17)20(31)16-35-24-27-18-11-7-8-12-19(18)29(24)13-14-34-2/h4-12H,3,13-16,26H2,1-2H3. The van der Waals surface area contributed by atoms with Gasteiger partial charge in [-0.05, 0) is 24.6 Å². The monoisotopic (exact) mass is 493 g/mol. The molecule has 0 spiro atoms. The number of fused-ring (bicyclic) bond motifs is 1. The fraction of sp³-hybridized carbons (Fsp3) is 0.280. The van der Waals surface area contributed by atoms with E-state index in [1.54, 1.807) is 14.0 Å². The van der Waals surface area contributed by atoms with Crippen LogP contribution in [0.3, 0.4) is 0 Å². The maximum Gasteiger partial charge on any atom is 0.332 e. The first-order chi connectivity index (χ1) is 17.0. The molecule has 9 nitrogen and oxygen atoms in total. The SMILES string of the molecule is CCn1c(=O)c(C(=O)CSc2nc3ccccc3n2CCOC)c(N)n(Cc2ccccc2)c1=O. The molecule has 4 rings (SSSR count). The zero-order chi connectivity index (χ0) is 24.9. The van der Waals surface area contributed by atoms with Crippen molar-refractivity contribution in [2.75, 3.05) is 25.2 Å². The first-order valence-corrected chi connectivity index (χ1v) is 12.2. The highest BCUT2D eigenvalue weighted by Gasteiger charge is 2.23. The number of hydrogen-bond acceptors (Lipinski definition) is 7. The summed E-state index contributed by atoms with van der Waals surface area (Å²) in [5.74, 6) is -0.623. The second kappa shape index (κ2) is 10.7. The second-order valence-electron chi connectivity index (χ2n) is 7.90. The van der Waals surface area contributed by atoms with E-state index < -0.39 is 17.0 Å². The Morgan fingerprint density at radius 3 is 2.46 bits per heavy atom. The van der Waals surface area contributed by atoms with Crippen molar-refractivity contribution in [3.63, 3.8) is 0 Å². The number of para-hydroxylation sites is 2. The van der Waals surface area contributed by atoms with Crippen LogP contribution in [0.15, 0.2) is 69.3 Å². The molecule has 2 heterocycles. The molecule has 10 heteroatoms. The van der Waals surface area contributed by atoms with Crippen molar-refractivity contribution >= 4 is 34.4 Å². The number of nitrogens with two attached hydrogens (primary N) is 1. The van der Waals surface area contributed by atoms with Crippen LogP contribution >= 0.6 is 11.8 Å². The van der Waals surface area contributed by atoms with Crippen molar-refractivity contribution < 1.29 is 9.53 Å². The Kier molecular flexibility index (Phi) is 7.52. The van der Waals surface area contributed by atoms with Gasteiger partial charge in [-0.1, -0.05) is 54.2 Å². The number of rotatable bonds is 10. The number of carbonyl (C=O) groups is 1. The number of benzene rings is 2. The lowest BCUT2D eigenvalue weighted by Crippen LogP contribution is -2.44. The van der Waals surface area contributed by atoms with E-state index in [2.05, 4.69) is 4.98 Å². The topological polar surface area (TPSA) is 114 Å². The minimum absolute atomic E-state index is 0.0526. The molecule has 0 fully saturated rings. The summed E-state index contributed by atoms with van der Waals surface area (Å²) in [7, 11) is 1.63. The number of carbonyl (C=O) groups excluding carboxylic acids is 1. The fourth-order valence-corrected chi connectivity index (χ4v) is 4.85. The van der Waals surface area contributed by atoms with Gasteiger partial charge in [-0.2, -0.15) is 0 Å². The van der Waals surface area contributed by atoms with Crippen LogP contribution in [-0.4, -0.2) is 43.9 Å². The number of imidazole rings is 1. The smallest absolute Gasteiger partial charge is 0.332 e. The quantitative estimate of drug-likeness (QED) is 0.267. The number of ether oxygens (including phenoxy) is 1. The molecule has 2 aromatic carbocycles. The predicted molar refractivity (Wildman–Crippen MR) is 137 cm³/mol. The summed E-state index contributed by atoms with van der Waals surface area (Å²) < 4.78 is 9.54. The molecule has 2 N–H and O–H groups in total. The predicted octanol–water partition coefficient (Wildman–Crippen LogP) is 2.63. The van der Waals surface area contributed by atoms with Crippen LogP contribution in [0, 0.1) is 0 Å². The van der Waals surface area contributed by atoms with E-state index in [0.717, 1.165) is 21.2 Å².